The van der Waals surface area contributed by atoms with Gasteiger partial charge in [-0.15, -0.1) is 0 Å². The summed E-state index contributed by atoms with van der Waals surface area (Å²) in [5, 5.41) is 12.5. The molecule has 0 aliphatic rings. The van der Waals surface area contributed by atoms with E-state index in [0.29, 0.717) is 21.4 Å². The Bertz CT molecular complexity index is 709. The minimum Gasteiger partial charge on any atom is -0.465 e. The average molecular weight is 328 g/mol. The molecule has 0 saturated heterocycles. The molecule has 0 atom stereocenters. The lowest BCUT2D eigenvalue weighted by Gasteiger charge is -2.04. The van der Waals surface area contributed by atoms with Crippen LogP contribution < -0.4 is 5.32 Å². The first-order chi connectivity index (χ1) is 9.55. The Morgan fingerprint density at radius 3 is 2.85 bits per heavy atom. The Balaban J connectivity index is 2.27. The maximum Gasteiger partial charge on any atom is 0.351 e. The summed E-state index contributed by atoms with van der Waals surface area (Å²) in [6.07, 6.45) is 0. The predicted molar refractivity (Wildman–Crippen MR) is 77.9 cm³/mol. The number of hydrogen-bond acceptors (Lipinski definition) is 6. The Morgan fingerprint density at radius 2 is 2.25 bits per heavy atom. The number of nitrogens with zero attached hydrogens (tertiary/aromatic N) is 2. The molecule has 0 unspecified atom stereocenters. The number of rotatable bonds is 3. The van der Waals surface area contributed by atoms with Crippen LogP contribution in [0.15, 0.2) is 18.2 Å². The van der Waals surface area contributed by atoms with E-state index in [-0.39, 0.29) is 10.0 Å². The number of esters is 1. The normalized spacial score (nSPS) is 9.90. The number of ether oxygens (including phenoxy) is 1. The maximum absolute atomic E-state index is 11.4. The average Bonchev–Trinajstić information content (AvgIpc) is 2.81. The third-order valence-electron chi connectivity index (χ3n) is 2.30. The second-order valence-electron chi connectivity index (χ2n) is 3.56. The van der Waals surface area contributed by atoms with Gasteiger partial charge in [-0.05, 0) is 18.2 Å². The molecule has 2 rings (SSSR count). The predicted octanol–water partition coefficient (Wildman–Crippen LogP) is 3.85. The van der Waals surface area contributed by atoms with Gasteiger partial charge in [0, 0.05) is 0 Å². The van der Waals surface area contributed by atoms with Crippen molar-refractivity contribution in [2.75, 3.05) is 12.4 Å². The van der Waals surface area contributed by atoms with Crippen LogP contribution in [0.1, 0.15) is 15.2 Å². The van der Waals surface area contributed by atoms with E-state index >= 15 is 0 Å². The summed E-state index contributed by atoms with van der Waals surface area (Å²) in [5.41, 5.74) is 1.01. The summed E-state index contributed by atoms with van der Waals surface area (Å²) in [6, 6.07) is 6.78. The summed E-state index contributed by atoms with van der Waals surface area (Å²) >= 11 is 12.9. The standard InChI is InChI=1S/C12H7Cl2N3O2S/c1-19-11(18)9-10(14)17-12(20-9)16-8-3-2-6(5-15)4-7(8)13/h2-4H,1H3,(H,16,17). The second kappa shape index (κ2) is 6.09. The molecule has 0 radical (unpaired) electrons. The molecule has 5 nitrogen and oxygen atoms in total. The maximum atomic E-state index is 11.4. The summed E-state index contributed by atoms with van der Waals surface area (Å²) in [4.78, 5) is 15.6. The van der Waals surface area contributed by atoms with Crippen molar-refractivity contribution in [3.63, 3.8) is 0 Å². The van der Waals surface area contributed by atoms with Crippen LogP contribution in [-0.2, 0) is 4.74 Å². The lowest BCUT2D eigenvalue weighted by atomic mass is 10.2. The van der Waals surface area contributed by atoms with Crippen LogP contribution in [0.2, 0.25) is 10.2 Å². The van der Waals surface area contributed by atoms with Crippen molar-refractivity contribution in [3.8, 4) is 6.07 Å². The van der Waals surface area contributed by atoms with Gasteiger partial charge in [-0.1, -0.05) is 34.5 Å². The number of halogens is 2. The first-order valence-corrected chi connectivity index (χ1v) is 6.83. The molecule has 8 heteroatoms. The molecule has 0 spiro atoms. The third-order valence-corrected chi connectivity index (χ3v) is 3.95. The van der Waals surface area contributed by atoms with Crippen LogP contribution in [0.4, 0.5) is 10.8 Å². The van der Waals surface area contributed by atoms with Gasteiger partial charge in [0.15, 0.2) is 15.2 Å². The SMILES string of the molecule is COC(=O)c1sc(Nc2ccc(C#N)cc2Cl)nc1Cl. The Labute approximate surface area is 128 Å². The highest BCUT2D eigenvalue weighted by Gasteiger charge is 2.17. The van der Waals surface area contributed by atoms with Crippen molar-refractivity contribution in [1.82, 2.24) is 4.98 Å². The quantitative estimate of drug-likeness (QED) is 0.866. The fourth-order valence-electron chi connectivity index (χ4n) is 1.37. The molecule has 1 heterocycles. The molecule has 0 fully saturated rings. The minimum atomic E-state index is -0.550. The van der Waals surface area contributed by atoms with Gasteiger partial charge in [-0.2, -0.15) is 5.26 Å². The highest BCUT2D eigenvalue weighted by Crippen LogP contribution is 2.32. The summed E-state index contributed by atoms with van der Waals surface area (Å²) in [5.74, 6) is -0.550. The zero-order chi connectivity index (χ0) is 14.7. The van der Waals surface area contributed by atoms with E-state index in [9.17, 15) is 4.79 Å². The third kappa shape index (κ3) is 3.02. The molecular weight excluding hydrogens is 321 g/mol. The number of hydrogen-bond donors (Lipinski definition) is 1. The van der Waals surface area contributed by atoms with Crippen LogP contribution in [0, 0.1) is 11.3 Å². The lowest BCUT2D eigenvalue weighted by Crippen LogP contribution is -1.98. The van der Waals surface area contributed by atoms with Gasteiger partial charge in [0.1, 0.15) is 0 Å². The topological polar surface area (TPSA) is 75.0 Å². The summed E-state index contributed by atoms with van der Waals surface area (Å²) in [7, 11) is 1.27. The molecule has 0 aliphatic heterocycles. The fraction of sp³-hybridized carbons (Fsp3) is 0.0833. The van der Waals surface area contributed by atoms with Gasteiger partial charge in [0.05, 0.1) is 29.5 Å². The Kier molecular flexibility index (Phi) is 4.45. The van der Waals surface area contributed by atoms with Crippen LogP contribution >= 0.6 is 34.5 Å². The molecular formula is C12H7Cl2N3O2S. The van der Waals surface area contributed by atoms with Crippen LogP contribution in [0.5, 0.6) is 0 Å². The molecule has 1 N–H and O–H groups in total. The minimum absolute atomic E-state index is 0.0640. The number of methoxy groups -OCH3 is 1. The number of aromatic nitrogens is 1. The number of thiazole rings is 1. The number of nitriles is 1. The van der Waals surface area contributed by atoms with Crippen LogP contribution in [0.25, 0.3) is 0 Å². The molecule has 20 heavy (non-hydrogen) atoms. The smallest absolute Gasteiger partial charge is 0.351 e. The summed E-state index contributed by atoms with van der Waals surface area (Å²) < 4.78 is 4.59. The monoisotopic (exact) mass is 327 g/mol. The first-order valence-electron chi connectivity index (χ1n) is 5.26. The Hall–Kier alpha value is -1.81. The molecule has 102 valence electrons. The summed E-state index contributed by atoms with van der Waals surface area (Å²) in [6.45, 7) is 0. The van der Waals surface area contributed by atoms with E-state index < -0.39 is 5.97 Å². The molecule has 1 aromatic heterocycles. The molecule has 2 aromatic rings. The van der Waals surface area contributed by atoms with Crippen LogP contribution in [0.3, 0.4) is 0 Å². The molecule has 0 amide bonds. The van der Waals surface area contributed by atoms with Crippen molar-refractivity contribution in [3.05, 3.63) is 38.8 Å². The fourth-order valence-corrected chi connectivity index (χ4v) is 2.72. The van der Waals surface area contributed by atoms with E-state index in [1.165, 1.54) is 13.2 Å². The van der Waals surface area contributed by atoms with Crippen molar-refractivity contribution in [2.24, 2.45) is 0 Å². The van der Waals surface area contributed by atoms with Crippen molar-refractivity contribution < 1.29 is 9.53 Å². The van der Waals surface area contributed by atoms with Gasteiger partial charge in [0.2, 0.25) is 0 Å². The van der Waals surface area contributed by atoms with Gasteiger partial charge in [-0.3, -0.25) is 0 Å². The van der Waals surface area contributed by atoms with E-state index in [4.69, 9.17) is 28.5 Å². The molecule has 0 bridgehead atoms. The van der Waals surface area contributed by atoms with Crippen molar-refractivity contribution >= 4 is 51.3 Å². The highest BCUT2D eigenvalue weighted by atomic mass is 35.5. The molecule has 0 saturated carbocycles. The number of anilines is 2. The van der Waals surface area contributed by atoms with E-state index in [2.05, 4.69) is 15.0 Å². The van der Waals surface area contributed by atoms with Gasteiger partial charge in [-0.25, -0.2) is 9.78 Å². The Morgan fingerprint density at radius 1 is 1.50 bits per heavy atom. The highest BCUT2D eigenvalue weighted by molar-refractivity contribution is 7.18. The number of nitrogens with one attached hydrogen (secondary N) is 1. The van der Waals surface area contributed by atoms with Gasteiger partial charge >= 0.3 is 5.97 Å². The van der Waals surface area contributed by atoms with E-state index in [1.54, 1.807) is 12.1 Å². The molecule has 0 aliphatic carbocycles. The van der Waals surface area contributed by atoms with Crippen molar-refractivity contribution in [1.29, 1.82) is 5.26 Å². The largest absolute Gasteiger partial charge is 0.465 e. The number of carbonyl (C=O) groups excluding carboxylic acids is 1. The second-order valence-corrected chi connectivity index (χ2v) is 5.33. The zero-order valence-electron chi connectivity index (χ0n) is 10.1. The molecule has 1 aromatic carbocycles. The number of carbonyl (C=O) groups is 1. The van der Waals surface area contributed by atoms with Gasteiger partial charge < -0.3 is 10.1 Å². The number of benzene rings is 1. The van der Waals surface area contributed by atoms with Crippen LogP contribution in [-0.4, -0.2) is 18.1 Å². The van der Waals surface area contributed by atoms with Crippen molar-refractivity contribution in [2.45, 2.75) is 0 Å². The lowest BCUT2D eigenvalue weighted by molar-refractivity contribution is 0.0606. The first kappa shape index (κ1) is 14.6. The van der Waals surface area contributed by atoms with E-state index in [1.807, 2.05) is 6.07 Å². The van der Waals surface area contributed by atoms with Gasteiger partial charge in [0.25, 0.3) is 0 Å². The van der Waals surface area contributed by atoms with E-state index in [0.717, 1.165) is 11.3 Å². The zero-order valence-corrected chi connectivity index (χ0v) is 12.4.